The Labute approximate surface area is 118 Å². The fraction of sp³-hybridized carbons (Fsp3) is 0.643. The molecule has 0 radical (unpaired) electrons. The van der Waals surface area contributed by atoms with E-state index in [-0.39, 0.29) is 0 Å². The third-order valence-corrected chi connectivity index (χ3v) is 4.04. The Bertz CT molecular complexity index is 366. The number of hydrogen-bond donors (Lipinski definition) is 1. The van der Waals surface area contributed by atoms with Gasteiger partial charge in [0.2, 0.25) is 0 Å². The molecule has 0 amide bonds. The van der Waals surface area contributed by atoms with Crippen LogP contribution in [-0.2, 0) is 6.54 Å². The molecule has 3 nitrogen and oxygen atoms in total. The standard InChI is InChI=1S/C14H22BrN3/c1-3-4-13-9-18(11(2)7-16-13)10-14-6-5-12(15)8-17-14/h5-6,8,11,13,16H,3-4,7,9-10H2,1-2H3. The lowest BCUT2D eigenvalue weighted by molar-refractivity contribution is 0.128. The highest BCUT2D eigenvalue weighted by Crippen LogP contribution is 2.15. The van der Waals surface area contributed by atoms with E-state index in [1.54, 1.807) is 0 Å². The van der Waals surface area contributed by atoms with E-state index in [0.29, 0.717) is 12.1 Å². The van der Waals surface area contributed by atoms with Crippen molar-refractivity contribution in [1.82, 2.24) is 15.2 Å². The van der Waals surface area contributed by atoms with Gasteiger partial charge in [-0.1, -0.05) is 13.3 Å². The van der Waals surface area contributed by atoms with Crippen molar-refractivity contribution in [3.63, 3.8) is 0 Å². The minimum absolute atomic E-state index is 0.587. The van der Waals surface area contributed by atoms with Gasteiger partial charge in [-0.15, -0.1) is 0 Å². The second-order valence-corrected chi connectivity index (χ2v) is 6.06. The molecule has 1 N–H and O–H groups in total. The Morgan fingerprint density at radius 2 is 2.33 bits per heavy atom. The average molecular weight is 312 g/mol. The maximum absolute atomic E-state index is 4.47. The summed E-state index contributed by atoms with van der Waals surface area (Å²) in [7, 11) is 0. The summed E-state index contributed by atoms with van der Waals surface area (Å²) < 4.78 is 1.04. The number of nitrogens with one attached hydrogen (secondary N) is 1. The number of hydrogen-bond acceptors (Lipinski definition) is 3. The molecule has 0 saturated carbocycles. The zero-order valence-corrected chi connectivity index (χ0v) is 12.8. The number of rotatable bonds is 4. The molecule has 100 valence electrons. The predicted octanol–water partition coefficient (Wildman–Crippen LogP) is 2.81. The van der Waals surface area contributed by atoms with Gasteiger partial charge in [-0.25, -0.2) is 0 Å². The Morgan fingerprint density at radius 3 is 3.00 bits per heavy atom. The Morgan fingerprint density at radius 1 is 1.50 bits per heavy atom. The monoisotopic (exact) mass is 311 g/mol. The lowest BCUT2D eigenvalue weighted by Crippen LogP contribution is -2.54. The van der Waals surface area contributed by atoms with Crippen molar-refractivity contribution in [2.45, 2.75) is 45.3 Å². The van der Waals surface area contributed by atoms with Gasteiger partial charge in [0.25, 0.3) is 0 Å². The Balaban J connectivity index is 1.95. The first-order valence-electron chi connectivity index (χ1n) is 6.77. The average Bonchev–Trinajstić information content (AvgIpc) is 2.36. The molecule has 0 spiro atoms. The van der Waals surface area contributed by atoms with E-state index in [0.717, 1.165) is 29.8 Å². The van der Waals surface area contributed by atoms with Crippen LogP contribution in [0.25, 0.3) is 0 Å². The van der Waals surface area contributed by atoms with Crippen molar-refractivity contribution >= 4 is 15.9 Å². The van der Waals surface area contributed by atoms with Gasteiger partial charge in [0.05, 0.1) is 5.69 Å². The normalized spacial score (nSPS) is 25.3. The summed E-state index contributed by atoms with van der Waals surface area (Å²) in [5.41, 5.74) is 1.15. The second-order valence-electron chi connectivity index (χ2n) is 5.14. The third kappa shape index (κ3) is 3.77. The van der Waals surface area contributed by atoms with Crippen molar-refractivity contribution < 1.29 is 0 Å². The summed E-state index contributed by atoms with van der Waals surface area (Å²) in [6, 6.07) is 5.40. The predicted molar refractivity (Wildman–Crippen MR) is 78.5 cm³/mol. The first-order valence-corrected chi connectivity index (χ1v) is 7.56. The van der Waals surface area contributed by atoms with Crippen LogP contribution in [0.15, 0.2) is 22.8 Å². The number of nitrogens with zero attached hydrogens (tertiary/aromatic N) is 2. The van der Waals surface area contributed by atoms with Gasteiger partial charge in [0.15, 0.2) is 0 Å². The smallest absolute Gasteiger partial charge is 0.0544 e. The topological polar surface area (TPSA) is 28.2 Å². The van der Waals surface area contributed by atoms with Crippen LogP contribution in [0.2, 0.25) is 0 Å². The summed E-state index contributed by atoms with van der Waals surface area (Å²) in [4.78, 5) is 7.00. The van der Waals surface area contributed by atoms with Crippen LogP contribution in [0.4, 0.5) is 0 Å². The van der Waals surface area contributed by atoms with Gasteiger partial charge >= 0.3 is 0 Å². The van der Waals surface area contributed by atoms with E-state index in [2.05, 4.69) is 57.1 Å². The van der Waals surface area contributed by atoms with Gasteiger partial charge in [-0.3, -0.25) is 9.88 Å². The summed E-state index contributed by atoms with van der Waals surface area (Å²) in [6.07, 6.45) is 4.39. The van der Waals surface area contributed by atoms with Gasteiger partial charge in [0, 0.05) is 42.4 Å². The van der Waals surface area contributed by atoms with Crippen molar-refractivity contribution in [3.8, 4) is 0 Å². The quantitative estimate of drug-likeness (QED) is 0.927. The first-order chi connectivity index (χ1) is 8.69. The van der Waals surface area contributed by atoms with E-state index in [1.807, 2.05) is 6.20 Å². The molecule has 1 aliphatic heterocycles. The maximum Gasteiger partial charge on any atom is 0.0544 e. The van der Waals surface area contributed by atoms with Crippen LogP contribution < -0.4 is 5.32 Å². The van der Waals surface area contributed by atoms with E-state index in [4.69, 9.17) is 0 Å². The molecular weight excluding hydrogens is 290 g/mol. The molecule has 4 heteroatoms. The van der Waals surface area contributed by atoms with Crippen molar-refractivity contribution in [1.29, 1.82) is 0 Å². The third-order valence-electron chi connectivity index (χ3n) is 3.57. The Kier molecular flexibility index (Phi) is 5.15. The highest BCUT2D eigenvalue weighted by atomic mass is 79.9. The molecule has 2 atom stereocenters. The molecule has 0 aromatic carbocycles. The zero-order chi connectivity index (χ0) is 13.0. The molecule has 1 aliphatic rings. The van der Waals surface area contributed by atoms with Crippen LogP contribution in [0.1, 0.15) is 32.4 Å². The first kappa shape index (κ1) is 14.0. The molecule has 18 heavy (non-hydrogen) atoms. The van der Waals surface area contributed by atoms with Crippen LogP contribution >= 0.6 is 15.9 Å². The number of piperazine rings is 1. The largest absolute Gasteiger partial charge is 0.311 e. The van der Waals surface area contributed by atoms with Gasteiger partial charge in [0.1, 0.15) is 0 Å². The number of aromatic nitrogens is 1. The molecule has 1 fully saturated rings. The second kappa shape index (κ2) is 6.64. The summed E-state index contributed by atoms with van der Waals surface area (Å²) in [5.74, 6) is 0. The van der Waals surface area contributed by atoms with Crippen molar-refractivity contribution in [2.75, 3.05) is 13.1 Å². The molecule has 2 unspecified atom stereocenters. The van der Waals surface area contributed by atoms with Gasteiger partial charge in [-0.05, 0) is 41.4 Å². The lowest BCUT2D eigenvalue weighted by atomic mass is 10.1. The molecule has 2 rings (SSSR count). The van der Waals surface area contributed by atoms with Crippen molar-refractivity contribution in [3.05, 3.63) is 28.5 Å². The maximum atomic E-state index is 4.47. The van der Waals surface area contributed by atoms with Gasteiger partial charge in [-0.2, -0.15) is 0 Å². The molecule has 1 aromatic heterocycles. The van der Waals surface area contributed by atoms with Crippen LogP contribution in [0.3, 0.4) is 0 Å². The summed E-state index contributed by atoms with van der Waals surface area (Å²) in [5, 5.41) is 3.63. The van der Waals surface area contributed by atoms with Crippen LogP contribution in [-0.4, -0.2) is 35.1 Å². The van der Waals surface area contributed by atoms with Gasteiger partial charge < -0.3 is 5.32 Å². The minimum atomic E-state index is 0.587. The zero-order valence-electron chi connectivity index (χ0n) is 11.2. The van der Waals surface area contributed by atoms with E-state index < -0.39 is 0 Å². The molecule has 1 saturated heterocycles. The summed E-state index contributed by atoms with van der Waals surface area (Å²) in [6.45, 7) is 7.71. The molecule has 2 heterocycles. The van der Waals surface area contributed by atoms with Crippen LogP contribution in [0.5, 0.6) is 0 Å². The number of halogens is 1. The summed E-state index contributed by atoms with van der Waals surface area (Å²) >= 11 is 3.43. The SMILES string of the molecule is CCCC1CN(Cc2ccc(Br)cn2)C(C)CN1. The fourth-order valence-corrected chi connectivity index (χ4v) is 2.70. The van der Waals surface area contributed by atoms with E-state index >= 15 is 0 Å². The molecule has 0 bridgehead atoms. The lowest BCUT2D eigenvalue weighted by Gasteiger charge is -2.38. The van der Waals surface area contributed by atoms with E-state index in [1.165, 1.54) is 12.8 Å². The highest BCUT2D eigenvalue weighted by molar-refractivity contribution is 9.10. The molecule has 1 aromatic rings. The minimum Gasteiger partial charge on any atom is -0.311 e. The molecular formula is C14H22BrN3. The fourth-order valence-electron chi connectivity index (χ4n) is 2.46. The molecule has 0 aliphatic carbocycles. The highest BCUT2D eigenvalue weighted by Gasteiger charge is 2.24. The van der Waals surface area contributed by atoms with Crippen LogP contribution in [0, 0.1) is 0 Å². The van der Waals surface area contributed by atoms with E-state index in [9.17, 15) is 0 Å². The van der Waals surface area contributed by atoms with Crippen molar-refractivity contribution in [2.24, 2.45) is 0 Å². The number of pyridine rings is 1. The Hall–Kier alpha value is -0.450.